The number of hydrogen-bond acceptors (Lipinski definition) is 6. The van der Waals surface area contributed by atoms with E-state index in [2.05, 4.69) is 5.32 Å². The fourth-order valence-corrected chi connectivity index (χ4v) is 4.70. The van der Waals surface area contributed by atoms with Gasteiger partial charge in [-0.1, -0.05) is 26.0 Å². The highest BCUT2D eigenvalue weighted by molar-refractivity contribution is 6.51. The molecule has 0 aliphatic carbocycles. The molecule has 8 nitrogen and oxygen atoms in total. The van der Waals surface area contributed by atoms with Crippen molar-refractivity contribution in [2.45, 2.75) is 39.7 Å². The summed E-state index contributed by atoms with van der Waals surface area (Å²) in [6.07, 6.45) is 0. The number of nitrogens with one attached hydrogen (secondary N) is 1. The van der Waals surface area contributed by atoms with Crippen molar-refractivity contribution in [3.8, 4) is 11.5 Å². The van der Waals surface area contributed by atoms with E-state index in [4.69, 9.17) is 9.47 Å². The molecule has 0 saturated carbocycles. The number of ether oxygens (including phenoxy) is 2. The first-order valence-corrected chi connectivity index (χ1v) is 12.8. The molecule has 0 radical (unpaired) electrons. The minimum Gasteiger partial charge on any atom is -0.507 e. The molecule has 1 aliphatic heterocycles. The van der Waals surface area contributed by atoms with E-state index in [9.17, 15) is 19.5 Å². The van der Waals surface area contributed by atoms with E-state index < -0.39 is 17.7 Å². The summed E-state index contributed by atoms with van der Waals surface area (Å²) >= 11 is 0. The summed E-state index contributed by atoms with van der Waals surface area (Å²) in [5.74, 6) is -0.631. The number of ketones is 1. The van der Waals surface area contributed by atoms with Gasteiger partial charge in [-0.25, -0.2) is 0 Å². The van der Waals surface area contributed by atoms with Gasteiger partial charge < -0.3 is 19.9 Å². The zero-order valence-electron chi connectivity index (χ0n) is 22.6. The number of nitrogens with zero attached hydrogens (tertiary/aromatic N) is 1. The molecule has 1 aliphatic rings. The van der Waals surface area contributed by atoms with E-state index in [0.717, 1.165) is 5.56 Å². The summed E-state index contributed by atoms with van der Waals surface area (Å²) in [5, 5.41) is 14.2. The van der Waals surface area contributed by atoms with Gasteiger partial charge >= 0.3 is 0 Å². The molecule has 8 heteroatoms. The maximum Gasteiger partial charge on any atom is 0.300 e. The van der Waals surface area contributed by atoms with Crippen molar-refractivity contribution in [2.75, 3.05) is 23.9 Å². The van der Waals surface area contributed by atoms with Crippen molar-refractivity contribution in [3.63, 3.8) is 0 Å². The highest BCUT2D eigenvalue weighted by Crippen LogP contribution is 2.43. The second kappa shape index (κ2) is 11.4. The van der Waals surface area contributed by atoms with Crippen LogP contribution in [0.3, 0.4) is 0 Å². The van der Waals surface area contributed by atoms with Crippen molar-refractivity contribution in [2.24, 2.45) is 0 Å². The summed E-state index contributed by atoms with van der Waals surface area (Å²) in [5.41, 5.74) is 2.90. The van der Waals surface area contributed by atoms with E-state index in [-0.39, 0.29) is 23.2 Å². The Morgan fingerprint density at radius 3 is 2.26 bits per heavy atom. The van der Waals surface area contributed by atoms with Gasteiger partial charge in [0.05, 0.1) is 25.3 Å². The highest BCUT2D eigenvalue weighted by Gasteiger charge is 2.47. The van der Waals surface area contributed by atoms with Crippen molar-refractivity contribution in [3.05, 3.63) is 89.0 Å². The molecule has 0 bridgehead atoms. The summed E-state index contributed by atoms with van der Waals surface area (Å²) in [7, 11) is 1.55. The highest BCUT2D eigenvalue weighted by atomic mass is 16.5. The molecule has 2 amide bonds. The molecule has 3 aromatic rings. The summed E-state index contributed by atoms with van der Waals surface area (Å²) < 4.78 is 11.0. The molecule has 1 unspecified atom stereocenters. The fourth-order valence-electron chi connectivity index (χ4n) is 4.70. The lowest BCUT2D eigenvalue weighted by molar-refractivity contribution is -0.132. The number of carbonyl (C=O) groups excluding carboxylic acids is 3. The lowest BCUT2D eigenvalue weighted by atomic mass is 9.93. The average Bonchev–Trinajstić information content (AvgIpc) is 3.18. The fraction of sp³-hybridized carbons (Fsp3) is 0.258. The van der Waals surface area contributed by atoms with E-state index in [1.807, 2.05) is 20.8 Å². The van der Waals surface area contributed by atoms with Crippen LogP contribution in [0.2, 0.25) is 0 Å². The van der Waals surface area contributed by atoms with Crippen LogP contribution in [-0.4, -0.2) is 36.4 Å². The quantitative estimate of drug-likeness (QED) is 0.217. The van der Waals surface area contributed by atoms with E-state index >= 15 is 0 Å². The predicted octanol–water partition coefficient (Wildman–Crippen LogP) is 5.80. The molecule has 0 aromatic heterocycles. The van der Waals surface area contributed by atoms with E-state index in [1.54, 1.807) is 73.8 Å². The summed E-state index contributed by atoms with van der Waals surface area (Å²) in [6, 6.07) is 18.0. The number of hydrogen-bond donors (Lipinski definition) is 2. The topological polar surface area (TPSA) is 105 Å². The Bertz CT molecular complexity index is 1420. The summed E-state index contributed by atoms with van der Waals surface area (Å²) in [6.45, 7) is 7.83. The van der Waals surface area contributed by atoms with Crippen LogP contribution in [0.4, 0.5) is 11.4 Å². The van der Waals surface area contributed by atoms with Gasteiger partial charge in [-0.3, -0.25) is 19.3 Å². The van der Waals surface area contributed by atoms with Crippen LogP contribution >= 0.6 is 0 Å². The normalized spacial score (nSPS) is 16.5. The Morgan fingerprint density at radius 1 is 1.03 bits per heavy atom. The zero-order valence-corrected chi connectivity index (χ0v) is 22.6. The maximum atomic E-state index is 13.5. The maximum absolute atomic E-state index is 13.5. The van der Waals surface area contributed by atoms with Gasteiger partial charge in [-0.15, -0.1) is 0 Å². The Labute approximate surface area is 227 Å². The first-order chi connectivity index (χ1) is 18.7. The third-order valence-electron chi connectivity index (χ3n) is 6.55. The zero-order chi connectivity index (χ0) is 28.3. The number of Topliss-reactive ketones (excluding diaryl/α,β-unsaturated/α-hetero) is 1. The predicted molar refractivity (Wildman–Crippen MR) is 150 cm³/mol. The van der Waals surface area contributed by atoms with E-state index in [1.165, 1.54) is 11.8 Å². The number of aliphatic hydroxyl groups excluding tert-OH is 1. The lowest BCUT2D eigenvalue weighted by Gasteiger charge is -2.26. The molecule has 39 heavy (non-hydrogen) atoms. The second-order valence-corrected chi connectivity index (χ2v) is 9.51. The van der Waals surface area contributed by atoms with Crippen LogP contribution in [0.25, 0.3) is 5.76 Å². The third kappa shape index (κ3) is 5.50. The van der Waals surface area contributed by atoms with Gasteiger partial charge in [-0.2, -0.15) is 0 Å². The van der Waals surface area contributed by atoms with Crippen molar-refractivity contribution >= 4 is 34.7 Å². The second-order valence-electron chi connectivity index (χ2n) is 9.51. The Kier molecular flexibility index (Phi) is 8.04. The first kappa shape index (κ1) is 27.4. The Hall–Kier alpha value is -4.59. The van der Waals surface area contributed by atoms with Gasteiger partial charge in [-0.05, 0) is 78.6 Å². The Morgan fingerprint density at radius 2 is 1.69 bits per heavy atom. The molecular formula is C31H32N2O6. The van der Waals surface area contributed by atoms with Crippen LogP contribution in [0.5, 0.6) is 11.5 Å². The molecule has 2 N–H and O–H groups in total. The number of anilines is 2. The first-order valence-electron chi connectivity index (χ1n) is 12.8. The van der Waals surface area contributed by atoms with Gasteiger partial charge in [0, 0.05) is 23.9 Å². The third-order valence-corrected chi connectivity index (χ3v) is 6.55. The standard InChI is InChI=1S/C31H32N2O6/c1-6-39-26-16-9-21(17-25(26)18(2)3)29(35)27-28(20-7-14-24(38-5)15-8-20)33(31(37)30(27)36)23-12-10-22(11-13-23)32-19(4)34/h7-18,28,35H,6H2,1-5H3,(H,32,34)/b29-27-. The van der Waals surface area contributed by atoms with Gasteiger partial charge in [0.25, 0.3) is 11.7 Å². The van der Waals surface area contributed by atoms with Crippen LogP contribution in [0.15, 0.2) is 72.3 Å². The van der Waals surface area contributed by atoms with Crippen molar-refractivity contribution in [1.29, 1.82) is 0 Å². The Balaban J connectivity index is 1.88. The molecule has 202 valence electrons. The molecule has 1 fully saturated rings. The smallest absolute Gasteiger partial charge is 0.300 e. The van der Waals surface area contributed by atoms with Gasteiger partial charge in [0.15, 0.2) is 0 Å². The monoisotopic (exact) mass is 528 g/mol. The number of aliphatic hydroxyl groups is 1. The molecule has 1 saturated heterocycles. The number of rotatable bonds is 8. The lowest BCUT2D eigenvalue weighted by Crippen LogP contribution is -2.29. The summed E-state index contributed by atoms with van der Waals surface area (Å²) in [4.78, 5) is 39.8. The van der Waals surface area contributed by atoms with Crippen molar-refractivity contribution < 1.29 is 29.0 Å². The number of methoxy groups -OCH3 is 1. The average molecular weight is 529 g/mol. The molecule has 4 rings (SSSR count). The molecular weight excluding hydrogens is 496 g/mol. The minimum absolute atomic E-state index is 0.0185. The van der Waals surface area contributed by atoms with E-state index in [0.29, 0.717) is 40.6 Å². The largest absolute Gasteiger partial charge is 0.507 e. The molecule has 0 spiro atoms. The molecule has 3 aromatic carbocycles. The number of carbonyl (C=O) groups is 3. The molecule has 1 heterocycles. The minimum atomic E-state index is -0.892. The van der Waals surface area contributed by atoms with Crippen molar-refractivity contribution in [1.82, 2.24) is 0 Å². The SMILES string of the molecule is CCOc1ccc(/C(O)=C2/C(=O)C(=O)N(c3ccc(NC(C)=O)cc3)C2c2ccc(OC)cc2)cc1C(C)C. The number of benzene rings is 3. The number of amides is 2. The molecule has 1 atom stereocenters. The van der Waals surface area contributed by atoms with Crippen LogP contribution in [0.1, 0.15) is 56.3 Å². The van der Waals surface area contributed by atoms with Crippen LogP contribution in [0, 0.1) is 0 Å². The van der Waals surface area contributed by atoms with Gasteiger partial charge in [0.1, 0.15) is 17.3 Å². The van der Waals surface area contributed by atoms with Crippen LogP contribution in [-0.2, 0) is 14.4 Å². The van der Waals surface area contributed by atoms with Gasteiger partial charge in [0.2, 0.25) is 5.91 Å². The van der Waals surface area contributed by atoms with Crippen LogP contribution < -0.4 is 19.7 Å².